The number of carbonyl (C=O) groups excluding carboxylic acids is 2. The number of fused-ring (bicyclic) bond motifs is 3. The van der Waals surface area contributed by atoms with Gasteiger partial charge in [0, 0.05) is 24.7 Å². The summed E-state index contributed by atoms with van der Waals surface area (Å²) in [4.78, 5) is 23.5. The van der Waals surface area contributed by atoms with Gasteiger partial charge in [0.25, 0.3) is 0 Å². The molecule has 0 spiro atoms. The molecule has 3 rings (SSSR count). The Bertz CT molecular complexity index is 689. The van der Waals surface area contributed by atoms with Crippen LogP contribution in [0.5, 0.6) is 0 Å². The maximum Gasteiger partial charge on any atom is 0.302 e. The van der Waals surface area contributed by atoms with Gasteiger partial charge in [0.1, 0.15) is 6.10 Å². The molecule has 0 aromatic rings. The number of carbonyl (C=O) groups is 2. The first-order valence-corrected chi connectivity index (χ1v) is 11.0. The minimum atomic E-state index is -0.318. The fourth-order valence-corrected chi connectivity index (χ4v) is 7.03. The van der Waals surface area contributed by atoms with Gasteiger partial charge in [-0.3, -0.25) is 9.59 Å². The van der Waals surface area contributed by atoms with Crippen molar-refractivity contribution in [3.63, 3.8) is 0 Å². The fourth-order valence-electron chi connectivity index (χ4n) is 7.03. The second-order valence-electron chi connectivity index (χ2n) is 10.6. The van der Waals surface area contributed by atoms with Crippen molar-refractivity contribution in [1.82, 2.24) is 0 Å². The molecule has 3 aliphatic rings. The van der Waals surface area contributed by atoms with E-state index in [1.807, 2.05) is 6.08 Å². The Balaban J connectivity index is 2.00. The number of hydrogen-bond acceptors (Lipinski definition) is 5. The minimum Gasteiger partial charge on any atom is -0.465 e. The molecular formula is C24H38O5. The van der Waals surface area contributed by atoms with Crippen molar-refractivity contribution in [3.05, 3.63) is 12.7 Å². The van der Waals surface area contributed by atoms with E-state index in [2.05, 4.69) is 34.3 Å². The highest BCUT2D eigenvalue weighted by Gasteiger charge is 2.66. The molecule has 5 nitrogen and oxygen atoms in total. The molecule has 164 valence electrons. The van der Waals surface area contributed by atoms with Crippen LogP contribution >= 0.6 is 0 Å². The minimum absolute atomic E-state index is 0.127. The first-order valence-electron chi connectivity index (χ1n) is 11.0. The van der Waals surface area contributed by atoms with Gasteiger partial charge in [0.15, 0.2) is 0 Å². The smallest absolute Gasteiger partial charge is 0.302 e. The van der Waals surface area contributed by atoms with Crippen LogP contribution in [-0.2, 0) is 23.8 Å². The average molecular weight is 407 g/mol. The van der Waals surface area contributed by atoms with Crippen molar-refractivity contribution >= 4 is 11.9 Å². The van der Waals surface area contributed by atoms with E-state index in [-0.39, 0.29) is 46.0 Å². The molecule has 29 heavy (non-hydrogen) atoms. The van der Waals surface area contributed by atoms with Gasteiger partial charge >= 0.3 is 11.9 Å². The van der Waals surface area contributed by atoms with Crippen molar-refractivity contribution in [1.29, 1.82) is 0 Å². The first kappa shape index (κ1) is 22.3. The highest BCUT2D eigenvalue weighted by Crippen LogP contribution is 2.66. The molecule has 0 aromatic heterocycles. The van der Waals surface area contributed by atoms with Crippen molar-refractivity contribution in [2.24, 2.45) is 22.7 Å². The molecule has 2 saturated carbocycles. The molecule has 5 heteroatoms. The molecule has 0 radical (unpaired) electrons. The van der Waals surface area contributed by atoms with Gasteiger partial charge in [0.2, 0.25) is 0 Å². The van der Waals surface area contributed by atoms with Gasteiger partial charge in [0.05, 0.1) is 17.8 Å². The van der Waals surface area contributed by atoms with Crippen LogP contribution in [0.2, 0.25) is 0 Å². The van der Waals surface area contributed by atoms with Gasteiger partial charge in [-0.15, -0.1) is 6.58 Å². The maximum absolute atomic E-state index is 12.0. The van der Waals surface area contributed by atoms with Crippen LogP contribution in [0.1, 0.15) is 80.1 Å². The SMILES string of the molecule is C=C[C@@]1(C)CC[C@@H]2[C@@]3(C)[C@H](OC(C)=O)CC[C@@](C)(COC(C)=O)[C@@H]3CC[C@@]2(C)O1. The van der Waals surface area contributed by atoms with E-state index in [1.54, 1.807) is 0 Å². The molecule has 0 bridgehead atoms. The molecule has 7 atom stereocenters. The molecule has 3 fully saturated rings. The number of ether oxygens (including phenoxy) is 3. The molecule has 0 N–H and O–H groups in total. The van der Waals surface area contributed by atoms with Crippen LogP contribution in [0.3, 0.4) is 0 Å². The van der Waals surface area contributed by atoms with Gasteiger partial charge in [-0.2, -0.15) is 0 Å². The summed E-state index contributed by atoms with van der Waals surface area (Å²) in [6.07, 6.45) is 7.29. The third-order valence-corrected chi connectivity index (χ3v) is 8.42. The molecule has 0 amide bonds. The summed E-state index contributed by atoms with van der Waals surface area (Å²) >= 11 is 0. The molecule has 1 saturated heterocycles. The zero-order chi connectivity index (χ0) is 21.7. The summed E-state index contributed by atoms with van der Waals surface area (Å²) in [5.74, 6) is 0.0993. The monoisotopic (exact) mass is 406 g/mol. The molecular weight excluding hydrogens is 368 g/mol. The van der Waals surface area contributed by atoms with Crippen LogP contribution in [0.25, 0.3) is 0 Å². The second-order valence-corrected chi connectivity index (χ2v) is 10.6. The van der Waals surface area contributed by atoms with Crippen LogP contribution in [0.4, 0.5) is 0 Å². The Labute approximate surface area is 175 Å². The van der Waals surface area contributed by atoms with E-state index in [0.29, 0.717) is 12.5 Å². The van der Waals surface area contributed by atoms with Crippen molar-refractivity contribution < 1.29 is 23.8 Å². The molecule has 0 aromatic carbocycles. The predicted molar refractivity (Wildman–Crippen MR) is 111 cm³/mol. The Morgan fingerprint density at radius 3 is 2.24 bits per heavy atom. The molecule has 1 aliphatic heterocycles. The van der Waals surface area contributed by atoms with Crippen LogP contribution in [0.15, 0.2) is 12.7 Å². The van der Waals surface area contributed by atoms with Crippen molar-refractivity contribution in [3.8, 4) is 0 Å². The summed E-state index contributed by atoms with van der Waals surface area (Å²) in [5, 5.41) is 0. The van der Waals surface area contributed by atoms with E-state index >= 15 is 0 Å². The number of hydrogen-bond donors (Lipinski definition) is 0. The first-order chi connectivity index (χ1) is 13.4. The summed E-state index contributed by atoms with van der Waals surface area (Å²) in [6.45, 7) is 16.3. The number of esters is 2. The number of rotatable bonds is 4. The molecule has 0 unspecified atom stereocenters. The zero-order valence-electron chi connectivity index (χ0n) is 19.0. The standard InChI is InChI=1S/C24H38O5/c1-8-22(5)13-9-19-23(6,29-22)14-10-18-21(4,15-27-16(2)25)12-11-20(24(18,19)7)28-17(3)26/h8,18-20H,1,9-15H2,2-7H3/t18-,19-,20+,21-,22-,23+,24-/m0/s1. The summed E-state index contributed by atoms with van der Waals surface area (Å²) in [7, 11) is 0. The average Bonchev–Trinajstić information content (AvgIpc) is 2.62. The van der Waals surface area contributed by atoms with Crippen LogP contribution in [0, 0.1) is 22.7 Å². The Kier molecular flexibility index (Phi) is 5.70. The van der Waals surface area contributed by atoms with E-state index in [4.69, 9.17) is 14.2 Å². The van der Waals surface area contributed by atoms with E-state index in [9.17, 15) is 9.59 Å². The van der Waals surface area contributed by atoms with Gasteiger partial charge < -0.3 is 14.2 Å². The summed E-state index contributed by atoms with van der Waals surface area (Å²) < 4.78 is 18.2. The third-order valence-electron chi connectivity index (χ3n) is 8.42. The lowest BCUT2D eigenvalue weighted by Gasteiger charge is -2.66. The predicted octanol–water partition coefficient (Wildman–Crippen LogP) is 4.83. The summed E-state index contributed by atoms with van der Waals surface area (Å²) in [5.41, 5.74) is -0.961. The Morgan fingerprint density at radius 1 is 1.00 bits per heavy atom. The van der Waals surface area contributed by atoms with Crippen molar-refractivity contribution in [2.75, 3.05) is 6.61 Å². The second kappa shape index (κ2) is 7.40. The third kappa shape index (κ3) is 3.75. The van der Waals surface area contributed by atoms with Crippen LogP contribution < -0.4 is 0 Å². The summed E-state index contributed by atoms with van der Waals surface area (Å²) in [6, 6.07) is 0. The highest BCUT2D eigenvalue weighted by molar-refractivity contribution is 5.66. The van der Waals surface area contributed by atoms with Gasteiger partial charge in [-0.05, 0) is 64.2 Å². The zero-order valence-corrected chi connectivity index (χ0v) is 19.0. The Hall–Kier alpha value is -1.36. The lowest BCUT2D eigenvalue weighted by molar-refractivity contribution is -0.280. The topological polar surface area (TPSA) is 61.8 Å². The Morgan fingerprint density at radius 2 is 1.66 bits per heavy atom. The van der Waals surface area contributed by atoms with Crippen LogP contribution in [-0.4, -0.2) is 35.9 Å². The normalized spacial score (nSPS) is 46.8. The molecule has 2 aliphatic carbocycles. The maximum atomic E-state index is 12.0. The van der Waals surface area contributed by atoms with Gasteiger partial charge in [-0.1, -0.05) is 19.9 Å². The lowest BCUT2D eigenvalue weighted by Crippen LogP contribution is -2.67. The highest BCUT2D eigenvalue weighted by atomic mass is 16.5. The van der Waals surface area contributed by atoms with Gasteiger partial charge in [-0.25, -0.2) is 0 Å². The molecule has 1 heterocycles. The largest absolute Gasteiger partial charge is 0.465 e. The van der Waals surface area contributed by atoms with E-state index < -0.39 is 0 Å². The lowest BCUT2D eigenvalue weighted by atomic mass is 9.43. The fraction of sp³-hybridized carbons (Fsp3) is 0.833. The van der Waals surface area contributed by atoms with Crippen molar-refractivity contribution in [2.45, 2.75) is 97.4 Å². The van der Waals surface area contributed by atoms with E-state index in [0.717, 1.165) is 38.5 Å². The quantitative estimate of drug-likeness (QED) is 0.494. The van der Waals surface area contributed by atoms with E-state index in [1.165, 1.54) is 13.8 Å².